The van der Waals surface area contributed by atoms with Gasteiger partial charge in [-0.25, -0.2) is 0 Å². The molecule has 0 amide bonds. The van der Waals surface area contributed by atoms with Gasteiger partial charge in [0.25, 0.3) is 0 Å². The highest BCUT2D eigenvalue weighted by atomic mass is 79.9. The fraction of sp³-hybridized carbons (Fsp3) is 0.227. The van der Waals surface area contributed by atoms with Crippen molar-refractivity contribution in [2.45, 2.75) is 0 Å². The van der Waals surface area contributed by atoms with E-state index in [2.05, 4.69) is 183 Å². The quantitative estimate of drug-likeness (QED) is 0.101. The van der Waals surface area contributed by atoms with Crippen LogP contribution >= 0.6 is 31.9 Å². The number of fused-ring (bicyclic) bond motifs is 4. The predicted octanol–water partition coefficient (Wildman–Crippen LogP) is 11.3. The summed E-state index contributed by atoms with van der Waals surface area (Å²) in [5.74, 6) is 1.65. The lowest BCUT2D eigenvalue weighted by molar-refractivity contribution is -0.870. The highest BCUT2D eigenvalue weighted by Crippen LogP contribution is 2.50. The largest absolute Gasteiger partial charge is 0.487 e. The predicted molar refractivity (Wildman–Crippen MR) is 220 cm³/mol. The van der Waals surface area contributed by atoms with Crippen molar-refractivity contribution in [2.24, 2.45) is 0 Å². The highest BCUT2D eigenvalue weighted by molar-refractivity contribution is 9.11. The maximum absolute atomic E-state index is 6.85. The van der Waals surface area contributed by atoms with Crippen LogP contribution in [0.3, 0.4) is 0 Å². The Bertz CT molecular complexity index is 2110. The van der Waals surface area contributed by atoms with E-state index in [-0.39, 0.29) is 0 Å². The summed E-state index contributed by atoms with van der Waals surface area (Å²) in [6.07, 6.45) is 0. The van der Waals surface area contributed by atoms with Crippen LogP contribution in [0, 0.1) is 0 Å². The summed E-state index contributed by atoms with van der Waals surface area (Å²) < 4.78 is 17.5. The smallest absolute Gasteiger partial charge is 0.137 e. The van der Waals surface area contributed by atoms with Crippen LogP contribution in [0.15, 0.2) is 118 Å². The molecule has 0 saturated heterocycles. The molecular formula is C44H44Br2N2O2+2. The molecule has 0 unspecified atom stereocenters. The average molecular weight is 793 g/mol. The fourth-order valence-corrected chi connectivity index (χ4v) is 8.16. The Hall–Kier alpha value is -3.94. The molecule has 0 N–H and O–H groups in total. The van der Waals surface area contributed by atoms with Crippen molar-refractivity contribution in [3.05, 3.63) is 118 Å². The molecule has 7 rings (SSSR count). The van der Waals surface area contributed by atoms with Crippen molar-refractivity contribution >= 4 is 74.9 Å². The van der Waals surface area contributed by atoms with E-state index in [9.17, 15) is 0 Å². The van der Waals surface area contributed by atoms with E-state index in [1.807, 2.05) is 0 Å². The number of halogens is 2. The lowest BCUT2D eigenvalue weighted by Gasteiger charge is -2.26. The van der Waals surface area contributed by atoms with Gasteiger partial charge < -0.3 is 18.4 Å². The summed E-state index contributed by atoms with van der Waals surface area (Å²) >= 11 is 7.96. The number of rotatable bonds is 10. The molecule has 0 aliphatic rings. The highest BCUT2D eigenvalue weighted by Gasteiger charge is 2.24. The Morgan fingerprint density at radius 1 is 0.420 bits per heavy atom. The molecule has 50 heavy (non-hydrogen) atoms. The molecule has 0 saturated carbocycles. The molecule has 0 bridgehead atoms. The van der Waals surface area contributed by atoms with Crippen molar-refractivity contribution in [3.8, 4) is 33.8 Å². The van der Waals surface area contributed by atoms with Crippen LogP contribution in [0.5, 0.6) is 11.5 Å². The lowest BCUT2D eigenvalue weighted by Crippen LogP contribution is -2.38. The summed E-state index contributed by atoms with van der Waals surface area (Å²) in [6, 6.07) is 39.2. The Kier molecular flexibility index (Phi) is 9.42. The second-order valence-electron chi connectivity index (χ2n) is 15.1. The summed E-state index contributed by atoms with van der Waals surface area (Å²) in [7, 11) is 13.2. The normalized spacial score (nSPS) is 12.3. The first-order valence-corrected chi connectivity index (χ1v) is 18.7. The summed E-state index contributed by atoms with van der Waals surface area (Å²) in [6.45, 7) is 2.88. The molecule has 0 spiro atoms. The molecule has 6 heteroatoms. The zero-order valence-electron chi connectivity index (χ0n) is 29.7. The van der Waals surface area contributed by atoms with E-state index in [0.717, 1.165) is 64.8 Å². The van der Waals surface area contributed by atoms with E-state index in [0.29, 0.717) is 13.2 Å². The molecule has 0 aliphatic carbocycles. The standard InChI is InChI=1S/C44H44Br2N2O2/c1-47(2,3)23-25-49-39-28-40(50-26-24-48(4,5)6)38(42-31-17-9-13-21-35(31)44(46)36-22-14-10-18-32(36)42)27-37(39)41-29-15-7-11-19-33(29)43(45)34-20-12-8-16-30(34)41/h7-22,27-28H,23-26H2,1-6H3/q+2. The zero-order chi connectivity index (χ0) is 35.2. The molecule has 7 aromatic rings. The first-order chi connectivity index (χ1) is 23.9. The minimum Gasteiger partial charge on any atom is -0.487 e. The van der Waals surface area contributed by atoms with Crippen molar-refractivity contribution in [1.29, 1.82) is 0 Å². The van der Waals surface area contributed by atoms with Gasteiger partial charge in [-0.3, -0.25) is 0 Å². The van der Waals surface area contributed by atoms with Crippen molar-refractivity contribution in [3.63, 3.8) is 0 Å². The maximum Gasteiger partial charge on any atom is 0.137 e. The van der Waals surface area contributed by atoms with E-state index < -0.39 is 0 Å². The second-order valence-corrected chi connectivity index (χ2v) is 16.7. The second kappa shape index (κ2) is 13.6. The van der Waals surface area contributed by atoms with Gasteiger partial charge in [0.05, 0.1) is 42.3 Å². The monoisotopic (exact) mass is 790 g/mol. The topological polar surface area (TPSA) is 18.5 Å². The number of hydrogen-bond donors (Lipinski definition) is 0. The van der Waals surface area contributed by atoms with Crippen LogP contribution in [0.1, 0.15) is 0 Å². The van der Waals surface area contributed by atoms with Gasteiger partial charge in [0.15, 0.2) is 0 Å². The summed E-state index contributed by atoms with van der Waals surface area (Å²) in [4.78, 5) is 0. The molecule has 4 nitrogen and oxygen atoms in total. The van der Waals surface area contributed by atoms with Crippen LogP contribution < -0.4 is 9.47 Å². The van der Waals surface area contributed by atoms with Crippen LogP contribution in [0.4, 0.5) is 0 Å². The van der Waals surface area contributed by atoms with Gasteiger partial charge in [-0.05, 0) is 81.0 Å². The zero-order valence-corrected chi connectivity index (χ0v) is 32.9. The fourth-order valence-electron chi connectivity index (χ4n) is 6.78. The molecule has 0 fully saturated rings. The summed E-state index contributed by atoms with van der Waals surface area (Å²) in [5, 5.41) is 9.36. The van der Waals surface area contributed by atoms with Gasteiger partial charge in [-0.15, -0.1) is 0 Å². The van der Waals surface area contributed by atoms with Gasteiger partial charge in [-0.2, -0.15) is 0 Å². The van der Waals surface area contributed by atoms with Crippen molar-refractivity contribution in [2.75, 3.05) is 68.6 Å². The first kappa shape index (κ1) is 34.5. The maximum atomic E-state index is 6.85. The molecule has 0 heterocycles. The number of likely N-dealkylation sites (N-methyl/N-ethyl adjacent to an activating group) is 2. The summed E-state index contributed by atoms with van der Waals surface area (Å²) in [5.41, 5.74) is 4.42. The van der Waals surface area contributed by atoms with E-state index in [1.54, 1.807) is 0 Å². The number of ether oxygens (including phenoxy) is 2. The van der Waals surface area contributed by atoms with Gasteiger partial charge in [0.1, 0.15) is 37.8 Å². The SMILES string of the molecule is C[N+](C)(C)CCOc1cc(OCC[N+](C)(C)C)c(-c2c3ccccc3c(Br)c3ccccc23)cc1-c1c2ccccc2c(Br)c2ccccc12. The molecule has 0 atom stereocenters. The van der Waals surface area contributed by atoms with Crippen LogP contribution in [-0.2, 0) is 0 Å². The van der Waals surface area contributed by atoms with Gasteiger partial charge in [0.2, 0.25) is 0 Å². The van der Waals surface area contributed by atoms with Gasteiger partial charge in [-0.1, -0.05) is 97.1 Å². The van der Waals surface area contributed by atoms with E-state index in [1.165, 1.54) is 43.1 Å². The Morgan fingerprint density at radius 3 is 0.980 bits per heavy atom. The van der Waals surface area contributed by atoms with Gasteiger partial charge in [0, 0.05) is 37.3 Å². The third kappa shape index (κ3) is 6.74. The number of benzene rings is 7. The Labute approximate surface area is 312 Å². The van der Waals surface area contributed by atoms with Crippen molar-refractivity contribution < 1.29 is 18.4 Å². The molecular weight excluding hydrogens is 748 g/mol. The minimum atomic E-state index is 0.574. The van der Waals surface area contributed by atoms with Crippen molar-refractivity contribution in [1.82, 2.24) is 0 Å². The lowest BCUT2D eigenvalue weighted by atomic mass is 9.87. The van der Waals surface area contributed by atoms with Crippen LogP contribution in [0.25, 0.3) is 65.3 Å². The third-order valence-corrected chi connectivity index (χ3v) is 11.1. The molecule has 0 aliphatic heterocycles. The molecule has 7 aromatic carbocycles. The molecule has 254 valence electrons. The minimum absolute atomic E-state index is 0.574. The van der Waals surface area contributed by atoms with Crippen LogP contribution in [0.2, 0.25) is 0 Å². The van der Waals surface area contributed by atoms with Crippen LogP contribution in [-0.4, -0.2) is 77.6 Å². The van der Waals surface area contributed by atoms with E-state index in [4.69, 9.17) is 9.47 Å². The first-order valence-electron chi connectivity index (χ1n) is 17.1. The number of quaternary nitrogens is 2. The molecule has 0 aromatic heterocycles. The number of hydrogen-bond acceptors (Lipinski definition) is 2. The number of nitrogens with zero attached hydrogens (tertiary/aromatic N) is 2. The average Bonchev–Trinajstić information content (AvgIpc) is 3.08. The third-order valence-electron chi connectivity index (χ3n) is 9.39. The molecule has 0 radical (unpaired) electrons. The van der Waals surface area contributed by atoms with Gasteiger partial charge >= 0.3 is 0 Å². The Morgan fingerprint density at radius 2 is 0.700 bits per heavy atom. The van der Waals surface area contributed by atoms with E-state index >= 15 is 0 Å². The Balaban J connectivity index is 1.60.